The number of nitrogens with zero attached hydrogens (tertiary/aromatic N) is 1. The Morgan fingerprint density at radius 3 is 2.41 bits per heavy atom. The van der Waals surface area contributed by atoms with Crippen LogP contribution in [0.4, 0.5) is 10.5 Å². The van der Waals surface area contributed by atoms with Crippen LogP contribution in [0.2, 0.25) is 5.02 Å². The molecule has 0 aliphatic carbocycles. The Hall–Kier alpha value is -1.83. The molecule has 0 saturated heterocycles. The maximum absolute atomic E-state index is 12.3. The minimum atomic E-state index is -0.683. The molecule has 22 heavy (non-hydrogen) atoms. The molecule has 0 bridgehead atoms. The summed E-state index contributed by atoms with van der Waals surface area (Å²) < 4.78 is 5.16. The highest BCUT2D eigenvalue weighted by atomic mass is 35.5. The molecule has 7 nitrogen and oxygen atoms in total. The Balaban J connectivity index is 3.06. The summed E-state index contributed by atoms with van der Waals surface area (Å²) in [5.41, 5.74) is 2.34. The van der Waals surface area contributed by atoms with E-state index >= 15 is 0 Å². The van der Waals surface area contributed by atoms with Gasteiger partial charge in [-0.25, -0.2) is 10.2 Å². The van der Waals surface area contributed by atoms with Gasteiger partial charge < -0.3 is 4.74 Å². The van der Waals surface area contributed by atoms with Crippen molar-refractivity contribution in [3.63, 3.8) is 0 Å². The first kappa shape index (κ1) is 18.2. The van der Waals surface area contributed by atoms with E-state index in [1.165, 1.54) is 26.3 Å². The maximum atomic E-state index is 12.3. The van der Waals surface area contributed by atoms with E-state index in [0.29, 0.717) is 5.02 Å². The van der Waals surface area contributed by atoms with Gasteiger partial charge in [0.05, 0.1) is 18.4 Å². The number of hydrogen-bond donors (Lipinski definition) is 2. The van der Waals surface area contributed by atoms with Gasteiger partial charge in [0.2, 0.25) is 0 Å². The van der Waals surface area contributed by atoms with Crippen LogP contribution in [-0.2, 0) is 9.57 Å². The predicted octanol–water partition coefficient (Wildman–Crippen LogP) is 2.83. The van der Waals surface area contributed by atoms with Crippen LogP contribution in [-0.4, -0.2) is 36.9 Å². The quantitative estimate of drug-likeness (QED) is 0.830. The second kappa shape index (κ2) is 7.44. The fourth-order valence-corrected chi connectivity index (χ4v) is 1.78. The highest BCUT2D eigenvalue weighted by Gasteiger charge is 2.22. The molecule has 0 aliphatic rings. The molecule has 1 aromatic rings. The molecule has 0 fully saturated rings. The van der Waals surface area contributed by atoms with Gasteiger partial charge in [0, 0.05) is 12.1 Å². The first-order valence-electron chi connectivity index (χ1n) is 6.53. The van der Waals surface area contributed by atoms with Gasteiger partial charge in [-0.15, -0.1) is 5.17 Å². The summed E-state index contributed by atoms with van der Waals surface area (Å²) in [5, 5.41) is 3.81. The summed E-state index contributed by atoms with van der Waals surface area (Å²) in [5.74, 6) is -0.493. The number of nitrogens with one attached hydrogen (secondary N) is 2. The Bertz CT molecular complexity index is 554. The lowest BCUT2D eigenvalue weighted by atomic mass is 10.1. The average molecular weight is 330 g/mol. The molecule has 0 aromatic heterocycles. The van der Waals surface area contributed by atoms with E-state index in [0.717, 1.165) is 5.17 Å². The lowest BCUT2D eigenvalue weighted by Gasteiger charge is -2.22. The normalized spacial score (nSPS) is 11.0. The lowest BCUT2D eigenvalue weighted by Crippen LogP contribution is -2.40. The molecule has 8 heteroatoms. The fraction of sp³-hybridized carbons (Fsp3) is 0.429. The largest absolute Gasteiger partial charge is 0.444 e. The summed E-state index contributed by atoms with van der Waals surface area (Å²) in [6.45, 7) is 5.22. The summed E-state index contributed by atoms with van der Waals surface area (Å²) in [6.07, 6.45) is -0.683. The van der Waals surface area contributed by atoms with Crippen molar-refractivity contribution >= 4 is 29.3 Å². The van der Waals surface area contributed by atoms with Crippen LogP contribution in [0, 0.1) is 0 Å². The van der Waals surface area contributed by atoms with Crippen LogP contribution in [0.1, 0.15) is 31.1 Å². The van der Waals surface area contributed by atoms with Crippen molar-refractivity contribution in [1.82, 2.24) is 10.6 Å². The minimum Gasteiger partial charge on any atom is -0.444 e. The van der Waals surface area contributed by atoms with E-state index in [1.807, 2.05) is 0 Å². The van der Waals surface area contributed by atoms with Gasteiger partial charge in [-0.2, -0.15) is 0 Å². The van der Waals surface area contributed by atoms with E-state index < -0.39 is 17.6 Å². The summed E-state index contributed by atoms with van der Waals surface area (Å²) in [7, 11) is 2.86. The molecule has 0 saturated carbocycles. The van der Waals surface area contributed by atoms with Crippen molar-refractivity contribution < 1.29 is 19.2 Å². The number of ether oxygens (including phenoxy) is 1. The molecular formula is C14H20ClN3O4. The maximum Gasteiger partial charge on any atom is 0.412 e. The first-order chi connectivity index (χ1) is 10.2. The Kier molecular flexibility index (Phi) is 6.16. The van der Waals surface area contributed by atoms with Gasteiger partial charge in [0.1, 0.15) is 5.60 Å². The standard InChI is InChI=1S/C14H20ClN3O4/c1-14(2,3)22-13(20)17-11-8-9(15)6-7-10(11)12(19)18(16-4)21-5/h6-8,16H,1-5H3,(H,17,20). The van der Waals surface area contributed by atoms with E-state index in [9.17, 15) is 9.59 Å². The molecule has 0 spiro atoms. The number of hydrazine groups is 1. The van der Waals surface area contributed by atoms with Crippen molar-refractivity contribution in [2.45, 2.75) is 26.4 Å². The zero-order valence-electron chi connectivity index (χ0n) is 13.2. The van der Waals surface area contributed by atoms with Gasteiger partial charge >= 0.3 is 6.09 Å². The van der Waals surface area contributed by atoms with Crippen molar-refractivity contribution in [3.05, 3.63) is 28.8 Å². The highest BCUT2D eigenvalue weighted by Crippen LogP contribution is 2.23. The second-order valence-corrected chi connectivity index (χ2v) is 5.76. The van der Waals surface area contributed by atoms with Crippen molar-refractivity contribution in [3.8, 4) is 0 Å². The molecule has 0 aliphatic heterocycles. The molecule has 122 valence electrons. The number of carbonyl (C=O) groups excluding carboxylic acids is 2. The topological polar surface area (TPSA) is 79.9 Å². The Labute approximate surface area is 134 Å². The SMILES string of the molecule is CNN(OC)C(=O)c1ccc(Cl)cc1NC(=O)OC(C)(C)C. The van der Waals surface area contributed by atoms with E-state index in [2.05, 4.69) is 10.7 Å². The Morgan fingerprint density at radius 1 is 1.27 bits per heavy atom. The molecule has 0 heterocycles. The number of hydrogen-bond acceptors (Lipinski definition) is 5. The average Bonchev–Trinajstić information content (AvgIpc) is 2.37. The molecule has 2 amide bonds. The summed E-state index contributed by atoms with van der Waals surface area (Å²) in [6, 6.07) is 4.49. The van der Waals surface area contributed by atoms with E-state index in [4.69, 9.17) is 21.2 Å². The third-order valence-corrected chi connectivity index (χ3v) is 2.65. The number of halogens is 1. The zero-order valence-corrected chi connectivity index (χ0v) is 13.9. The van der Waals surface area contributed by atoms with Crippen LogP contribution < -0.4 is 10.7 Å². The van der Waals surface area contributed by atoms with Crippen LogP contribution in [0.25, 0.3) is 0 Å². The first-order valence-corrected chi connectivity index (χ1v) is 6.91. The smallest absolute Gasteiger partial charge is 0.412 e. The molecule has 1 rings (SSSR count). The monoisotopic (exact) mass is 329 g/mol. The van der Waals surface area contributed by atoms with E-state index in [1.54, 1.807) is 26.8 Å². The van der Waals surface area contributed by atoms with Crippen LogP contribution >= 0.6 is 11.6 Å². The molecule has 1 aromatic carbocycles. The minimum absolute atomic E-state index is 0.200. The van der Waals surface area contributed by atoms with Crippen LogP contribution in [0.3, 0.4) is 0 Å². The zero-order chi connectivity index (χ0) is 16.9. The number of anilines is 1. The predicted molar refractivity (Wildman–Crippen MR) is 83.5 cm³/mol. The van der Waals surface area contributed by atoms with Gasteiger partial charge in [-0.05, 0) is 39.0 Å². The summed E-state index contributed by atoms with van der Waals surface area (Å²) in [4.78, 5) is 29.1. The molecule has 0 radical (unpaired) electrons. The number of rotatable bonds is 4. The third-order valence-electron chi connectivity index (χ3n) is 2.42. The van der Waals surface area contributed by atoms with Crippen LogP contribution in [0.5, 0.6) is 0 Å². The van der Waals surface area contributed by atoms with Gasteiger partial charge in [-0.1, -0.05) is 11.6 Å². The fourth-order valence-electron chi connectivity index (χ4n) is 1.61. The van der Waals surface area contributed by atoms with Crippen molar-refractivity contribution in [1.29, 1.82) is 0 Å². The Morgan fingerprint density at radius 2 is 1.91 bits per heavy atom. The highest BCUT2D eigenvalue weighted by molar-refractivity contribution is 6.31. The number of amides is 2. The second-order valence-electron chi connectivity index (χ2n) is 5.32. The van der Waals surface area contributed by atoms with Gasteiger partial charge in [0.25, 0.3) is 5.91 Å². The molecular weight excluding hydrogens is 310 g/mol. The van der Waals surface area contributed by atoms with Gasteiger partial charge in [-0.3, -0.25) is 14.9 Å². The number of carbonyl (C=O) groups is 2. The molecule has 0 atom stereocenters. The number of benzene rings is 1. The summed E-state index contributed by atoms with van der Waals surface area (Å²) >= 11 is 5.92. The van der Waals surface area contributed by atoms with Gasteiger partial charge in [0.15, 0.2) is 0 Å². The lowest BCUT2D eigenvalue weighted by molar-refractivity contribution is -0.125. The molecule has 2 N–H and O–H groups in total. The number of hydroxylamine groups is 1. The third kappa shape index (κ3) is 5.18. The van der Waals surface area contributed by atoms with E-state index in [-0.39, 0.29) is 11.3 Å². The van der Waals surface area contributed by atoms with Crippen molar-refractivity contribution in [2.75, 3.05) is 19.5 Å². The van der Waals surface area contributed by atoms with Crippen LogP contribution in [0.15, 0.2) is 18.2 Å². The van der Waals surface area contributed by atoms with Crippen molar-refractivity contribution in [2.24, 2.45) is 0 Å². The molecule has 0 unspecified atom stereocenters.